The average Bonchev–Trinajstić information content (AvgIpc) is 2.27. The van der Waals surface area contributed by atoms with Crippen molar-refractivity contribution in [2.24, 2.45) is 0 Å². The quantitative estimate of drug-likeness (QED) is 0.354. The van der Waals surface area contributed by atoms with Crippen LogP contribution >= 0.6 is 0 Å². The Bertz CT molecular complexity index is 108. The van der Waals surface area contributed by atoms with Crippen molar-refractivity contribution in [2.45, 2.75) is 72.1 Å². The second kappa shape index (κ2) is 12.4. The lowest BCUT2D eigenvalue weighted by atomic mass is 10.1. The fraction of sp³-hybridized carbons (Fsp3) is 1.00. The topological polar surface area (TPSA) is 0 Å². The first-order chi connectivity index (χ1) is 7.35. The van der Waals surface area contributed by atoms with Gasteiger partial charge in [-0.1, -0.05) is 45.4 Å². The number of unbranched alkanes of at least 4 members (excludes halogenated alkanes) is 7. The number of hydrogen-bond donors (Lipinski definition) is 0. The van der Waals surface area contributed by atoms with Crippen LogP contribution in [0.3, 0.4) is 0 Å². The molecule has 0 nitrogen and oxygen atoms in total. The maximum Gasteiger partial charge on any atom is 0.108 e. The largest absolute Gasteiger partial charge is 0.108 e. The lowest BCUT2D eigenvalue weighted by molar-refractivity contribution is 0.586. The van der Waals surface area contributed by atoms with Gasteiger partial charge in [0.2, 0.25) is 0 Å². The minimum Gasteiger partial charge on any atom is -0.0654 e. The van der Waals surface area contributed by atoms with E-state index >= 15 is 0 Å². The average molecular weight is 231 g/mol. The van der Waals surface area contributed by atoms with E-state index in [1.165, 1.54) is 68.6 Å². The van der Waals surface area contributed by atoms with Gasteiger partial charge >= 0.3 is 0 Å². The third-order valence-electron chi connectivity index (χ3n) is 3.10. The van der Waals surface area contributed by atoms with Crippen LogP contribution in [-0.2, 0) is 10.9 Å². The Morgan fingerprint density at radius 1 is 0.600 bits per heavy atom. The molecule has 0 aliphatic carbocycles. The second-order valence-electron chi connectivity index (χ2n) is 4.37. The Morgan fingerprint density at radius 2 is 1.07 bits per heavy atom. The monoisotopic (exact) mass is 231 g/mol. The second-order valence-corrected chi connectivity index (χ2v) is 7.16. The smallest absolute Gasteiger partial charge is 0.0654 e. The van der Waals surface area contributed by atoms with Crippen LogP contribution < -0.4 is 0 Å². The third kappa shape index (κ3) is 10.6. The molecule has 0 aliphatic rings. The van der Waals surface area contributed by atoms with Crippen LogP contribution in [0, 0.1) is 0 Å². The minimum absolute atomic E-state index is 0.751. The minimum atomic E-state index is 0.751. The van der Waals surface area contributed by atoms with Gasteiger partial charge in [0.25, 0.3) is 0 Å². The van der Waals surface area contributed by atoms with Crippen LogP contribution in [0.15, 0.2) is 0 Å². The molecule has 1 heteroatoms. The van der Waals surface area contributed by atoms with E-state index in [1.807, 2.05) is 0 Å². The van der Waals surface area contributed by atoms with Crippen LogP contribution in [0.1, 0.15) is 72.1 Å². The molecule has 0 unspecified atom stereocenters. The lowest BCUT2D eigenvalue weighted by Gasteiger charge is -2.04. The van der Waals surface area contributed by atoms with Gasteiger partial charge in [0, 0.05) is 0 Å². The molecule has 0 radical (unpaired) electrons. The van der Waals surface area contributed by atoms with E-state index in [0.29, 0.717) is 0 Å². The molecule has 0 aliphatic heterocycles. The summed E-state index contributed by atoms with van der Waals surface area (Å²) in [6, 6.07) is 0. The molecule has 0 spiro atoms. The maximum absolute atomic E-state index is 2.34. The molecule has 0 atom stereocenters. The zero-order valence-corrected chi connectivity index (χ0v) is 12.0. The molecule has 0 bridgehead atoms. The Morgan fingerprint density at radius 3 is 1.53 bits per heavy atom. The van der Waals surface area contributed by atoms with E-state index < -0.39 is 0 Å². The number of rotatable bonds is 11. The first kappa shape index (κ1) is 15.3. The lowest BCUT2D eigenvalue weighted by Crippen LogP contribution is -2.12. The highest BCUT2D eigenvalue weighted by Crippen LogP contribution is 2.10. The zero-order valence-electron chi connectivity index (χ0n) is 11.2. The van der Waals surface area contributed by atoms with E-state index in [1.54, 1.807) is 0 Å². The molecule has 0 aromatic heterocycles. The van der Waals surface area contributed by atoms with Crippen LogP contribution in [-0.4, -0.2) is 17.3 Å². The molecule has 0 heterocycles. The van der Waals surface area contributed by atoms with Gasteiger partial charge in [-0.25, -0.2) is 0 Å². The summed E-state index contributed by atoms with van der Waals surface area (Å²) in [5.74, 6) is 4.32. The van der Waals surface area contributed by atoms with Gasteiger partial charge in [-0.3, -0.25) is 0 Å². The molecular weight excluding hydrogens is 200 g/mol. The van der Waals surface area contributed by atoms with Gasteiger partial charge in [0.1, 0.15) is 17.3 Å². The van der Waals surface area contributed by atoms with Crippen LogP contribution in [0.5, 0.6) is 0 Å². The molecule has 0 amide bonds. The molecule has 15 heavy (non-hydrogen) atoms. The van der Waals surface area contributed by atoms with Gasteiger partial charge in [-0.15, -0.1) is 0 Å². The van der Waals surface area contributed by atoms with Crippen molar-refractivity contribution in [3.8, 4) is 0 Å². The zero-order chi connectivity index (χ0) is 11.4. The highest BCUT2D eigenvalue weighted by molar-refractivity contribution is 7.96. The maximum atomic E-state index is 2.34. The van der Waals surface area contributed by atoms with Crippen molar-refractivity contribution in [1.82, 2.24) is 0 Å². The van der Waals surface area contributed by atoms with E-state index in [4.69, 9.17) is 0 Å². The molecule has 0 fully saturated rings. The predicted octanol–water partition coefficient (Wildman–Crippen LogP) is 4.79. The summed E-state index contributed by atoms with van der Waals surface area (Å²) in [5.41, 5.74) is 0. The fourth-order valence-electron chi connectivity index (χ4n) is 1.93. The Hall–Kier alpha value is 0.350. The molecule has 0 saturated carbocycles. The highest BCUT2D eigenvalue weighted by atomic mass is 32.2. The Labute approximate surface area is 101 Å². The first-order valence-corrected chi connectivity index (χ1v) is 8.72. The third-order valence-corrected chi connectivity index (χ3v) is 5.60. The van der Waals surface area contributed by atoms with Gasteiger partial charge in [0.15, 0.2) is 0 Å². The van der Waals surface area contributed by atoms with E-state index in [9.17, 15) is 0 Å². The summed E-state index contributed by atoms with van der Waals surface area (Å²) < 4.78 is 0. The van der Waals surface area contributed by atoms with Crippen molar-refractivity contribution >= 4 is 10.9 Å². The van der Waals surface area contributed by atoms with Crippen molar-refractivity contribution in [1.29, 1.82) is 0 Å². The summed E-state index contributed by atoms with van der Waals surface area (Å²) in [5, 5.41) is 0. The van der Waals surface area contributed by atoms with Gasteiger partial charge in [-0.05, 0) is 37.6 Å². The van der Waals surface area contributed by atoms with Crippen LogP contribution in [0.25, 0.3) is 0 Å². The molecular formula is C14H31S+. The summed E-state index contributed by atoms with van der Waals surface area (Å²) in [7, 11) is 0.751. The SMILES string of the molecule is CCCCCCCCCC[S+](CC)CC. The Balaban J connectivity index is 3.04. The predicted molar refractivity (Wildman–Crippen MR) is 75.9 cm³/mol. The highest BCUT2D eigenvalue weighted by Gasteiger charge is 2.10. The van der Waals surface area contributed by atoms with Gasteiger partial charge < -0.3 is 0 Å². The molecule has 92 valence electrons. The van der Waals surface area contributed by atoms with Crippen molar-refractivity contribution in [3.63, 3.8) is 0 Å². The number of hydrogen-bond acceptors (Lipinski definition) is 0. The summed E-state index contributed by atoms with van der Waals surface area (Å²) in [4.78, 5) is 0. The molecule has 0 aromatic carbocycles. The summed E-state index contributed by atoms with van der Waals surface area (Å²) >= 11 is 0. The summed E-state index contributed by atoms with van der Waals surface area (Å²) in [6.45, 7) is 6.98. The molecule has 0 N–H and O–H groups in total. The van der Waals surface area contributed by atoms with Crippen LogP contribution in [0.4, 0.5) is 0 Å². The van der Waals surface area contributed by atoms with E-state index in [-0.39, 0.29) is 0 Å². The normalized spacial score (nSPS) is 11.2. The fourth-order valence-corrected chi connectivity index (χ4v) is 3.53. The first-order valence-electron chi connectivity index (χ1n) is 6.99. The molecule has 0 aromatic rings. The van der Waals surface area contributed by atoms with Gasteiger partial charge in [-0.2, -0.15) is 0 Å². The van der Waals surface area contributed by atoms with Crippen LogP contribution in [0.2, 0.25) is 0 Å². The van der Waals surface area contributed by atoms with Crippen molar-refractivity contribution < 1.29 is 0 Å². The molecule has 0 rings (SSSR count). The Kier molecular flexibility index (Phi) is 12.7. The standard InChI is InChI=1S/C14H31S/c1-4-7-8-9-10-11-12-13-14-15(5-2)6-3/h4-14H2,1-3H3/q+1. The van der Waals surface area contributed by atoms with E-state index in [0.717, 1.165) is 10.9 Å². The van der Waals surface area contributed by atoms with Gasteiger partial charge in [0.05, 0.1) is 0 Å². The van der Waals surface area contributed by atoms with E-state index in [2.05, 4.69) is 20.8 Å². The van der Waals surface area contributed by atoms with Crippen molar-refractivity contribution in [2.75, 3.05) is 17.3 Å². The summed E-state index contributed by atoms with van der Waals surface area (Å²) in [6.07, 6.45) is 11.7. The van der Waals surface area contributed by atoms with Crippen molar-refractivity contribution in [3.05, 3.63) is 0 Å². The molecule has 0 saturated heterocycles.